The third-order valence-corrected chi connectivity index (χ3v) is 11.7. The number of hydrogen-bond acceptors (Lipinski definition) is 5. The van der Waals surface area contributed by atoms with Crippen molar-refractivity contribution in [3.05, 3.63) is 212 Å². The fraction of sp³-hybridized carbons (Fsp3) is 0. The molecule has 0 aliphatic rings. The van der Waals surface area contributed by atoms with Crippen LogP contribution >= 0.6 is 0 Å². The summed E-state index contributed by atoms with van der Waals surface area (Å²) in [6.45, 7) is 0. The van der Waals surface area contributed by atoms with Crippen molar-refractivity contribution in [2.24, 2.45) is 0 Å². The number of fused-ring (bicyclic) bond motifs is 6. The normalized spacial score (nSPS) is 11.5. The molecule has 290 valence electrons. The van der Waals surface area contributed by atoms with E-state index in [1.165, 1.54) is 0 Å². The van der Waals surface area contributed by atoms with Crippen molar-refractivity contribution in [2.75, 3.05) is 0 Å². The summed E-state index contributed by atoms with van der Waals surface area (Å²) in [4.78, 5) is 15.3. The van der Waals surface area contributed by atoms with Gasteiger partial charge in [0.25, 0.3) is 0 Å². The standard InChI is InChI=1S/C57H35N3O2/c1-6-16-36(17-7-1)43-30-47(38-20-10-3-11-21-38)53-45-28-26-41(32-49(45)61-51(53)34-43)56-58-55(40-24-14-5-15-25-40)59-57(60-56)42-27-29-46-50(33-42)62-52-35-44(37-18-8-2-9-19-37)31-48(54(46)52)39-22-12-4-13-23-39/h1-35H. The Balaban J connectivity index is 1.02. The largest absolute Gasteiger partial charge is 0.456 e. The second kappa shape index (κ2) is 14.7. The first-order valence-corrected chi connectivity index (χ1v) is 20.7. The van der Waals surface area contributed by atoms with Crippen molar-refractivity contribution in [1.82, 2.24) is 15.0 Å². The second-order valence-electron chi connectivity index (χ2n) is 15.6. The van der Waals surface area contributed by atoms with Crippen molar-refractivity contribution in [3.63, 3.8) is 0 Å². The van der Waals surface area contributed by atoms with E-state index in [-0.39, 0.29) is 0 Å². The van der Waals surface area contributed by atoms with Gasteiger partial charge in [-0.1, -0.05) is 164 Å². The van der Waals surface area contributed by atoms with Crippen LogP contribution in [-0.2, 0) is 0 Å². The molecule has 12 aromatic rings. The first kappa shape index (κ1) is 35.5. The molecule has 0 bridgehead atoms. The molecule has 0 aliphatic carbocycles. The Morgan fingerprint density at radius 1 is 0.242 bits per heavy atom. The first-order chi connectivity index (χ1) is 30.7. The lowest BCUT2D eigenvalue weighted by Crippen LogP contribution is -2.00. The lowest BCUT2D eigenvalue weighted by molar-refractivity contribution is 0.669. The average Bonchev–Trinajstić information content (AvgIpc) is 3.92. The molecule has 5 nitrogen and oxygen atoms in total. The highest BCUT2D eigenvalue weighted by Crippen LogP contribution is 2.43. The number of hydrogen-bond donors (Lipinski definition) is 0. The highest BCUT2D eigenvalue weighted by atomic mass is 16.3. The topological polar surface area (TPSA) is 65.0 Å². The predicted octanol–water partition coefficient (Wildman–Crippen LogP) is 15.3. The van der Waals surface area contributed by atoms with Gasteiger partial charge in [0.2, 0.25) is 0 Å². The quantitative estimate of drug-likeness (QED) is 0.161. The third-order valence-electron chi connectivity index (χ3n) is 11.7. The smallest absolute Gasteiger partial charge is 0.164 e. The molecule has 0 unspecified atom stereocenters. The predicted molar refractivity (Wildman–Crippen MR) is 252 cm³/mol. The molecule has 0 atom stereocenters. The van der Waals surface area contributed by atoms with Crippen LogP contribution in [-0.4, -0.2) is 15.0 Å². The monoisotopic (exact) mass is 793 g/mol. The highest BCUT2D eigenvalue weighted by molar-refractivity contribution is 6.15. The van der Waals surface area contributed by atoms with Gasteiger partial charge >= 0.3 is 0 Å². The van der Waals surface area contributed by atoms with Crippen LogP contribution in [0.1, 0.15) is 0 Å². The summed E-state index contributed by atoms with van der Waals surface area (Å²) in [5, 5.41) is 4.20. The van der Waals surface area contributed by atoms with E-state index in [1.54, 1.807) is 0 Å². The maximum absolute atomic E-state index is 6.74. The van der Waals surface area contributed by atoms with E-state index in [0.717, 1.165) is 105 Å². The van der Waals surface area contributed by atoms with E-state index in [2.05, 4.69) is 158 Å². The maximum atomic E-state index is 6.74. The molecule has 0 spiro atoms. The van der Waals surface area contributed by atoms with Gasteiger partial charge in [0, 0.05) is 38.2 Å². The molecule has 0 N–H and O–H groups in total. The van der Waals surface area contributed by atoms with Crippen molar-refractivity contribution in [1.29, 1.82) is 0 Å². The molecule has 0 saturated carbocycles. The van der Waals surface area contributed by atoms with Gasteiger partial charge in [0.1, 0.15) is 22.3 Å². The van der Waals surface area contributed by atoms with E-state index < -0.39 is 0 Å². The Labute approximate surface area is 357 Å². The molecule has 5 heteroatoms. The summed E-state index contributed by atoms with van der Waals surface area (Å²) in [7, 11) is 0. The summed E-state index contributed by atoms with van der Waals surface area (Å²) in [6.07, 6.45) is 0. The van der Waals surface area contributed by atoms with Gasteiger partial charge in [-0.3, -0.25) is 0 Å². The number of aromatic nitrogens is 3. The minimum Gasteiger partial charge on any atom is -0.456 e. The van der Waals surface area contributed by atoms with Crippen LogP contribution in [0.5, 0.6) is 0 Å². The summed E-state index contributed by atoms with van der Waals surface area (Å²) in [5.74, 6) is 1.68. The summed E-state index contributed by atoms with van der Waals surface area (Å²) >= 11 is 0. The summed E-state index contributed by atoms with van der Waals surface area (Å²) in [6, 6.07) is 73.3. The number of furan rings is 2. The van der Waals surface area contributed by atoms with Crippen molar-refractivity contribution < 1.29 is 8.83 Å². The Morgan fingerprint density at radius 3 is 0.952 bits per heavy atom. The number of benzene rings is 9. The van der Waals surface area contributed by atoms with E-state index in [0.29, 0.717) is 17.5 Å². The van der Waals surface area contributed by atoms with Gasteiger partial charge in [-0.15, -0.1) is 0 Å². The van der Waals surface area contributed by atoms with E-state index in [4.69, 9.17) is 23.8 Å². The van der Waals surface area contributed by atoms with Crippen LogP contribution in [0.15, 0.2) is 221 Å². The van der Waals surface area contributed by atoms with Crippen LogP contribution in [0.25, 0.3) is 123 Å². The lowest BCUT2D eigenvalue weighted by atomic mass is 9.94. The zero-order valence-corrected chi connectivity index (χ0v) is 33.4. The minimum atomic E-state index is 0.549. The SMILES string of the molecule is c1ccc(-c2cc(-c3ccccc3)c3c(c2)oc2cc(-c4nc(-c5ccccc5)nc(-c5ccc6c(c5)oc5cc(-c7ccccc7)cc(-c7ccccc7)c56)n4)ccc23)cc1. The lowest BCUT2D eigenvalue weighted by Gasteiger charge is -2.09. The third kappa shape index (κ3) is 6.23. The Morgan fingerprint density at radius 2 is 0.565 bits per heavy atom. The van der Waals surface area contributed by atoms with Gasteiger partial charge in [0.15, 0.2) is 17.5 Å². The van der Waals surface area contributed by atoms with Crippen molar-refractivity contribution in [2.45, 2.75) is 0 Å². The molecule has 9 aromatic carbocycles. The van der Waals surface area contributed by atoms with E-state index in [9.17, 15) is 0 Å². The summed E-state index contributed by atoms with van der Waals surface area (Å²) in [5.41, 5.74) is 14.7. The molecule has 3 heterocycles. The van der Waals surface area contributed by atoms with Crippen molar-refractivity contribution in [3.8, 4) is 78.7 Å². The number of nitrogens with zero attached hydrogens (tertiary/aromatic N) is 3. The Bertz CT molecular complexity index is 3380. The Hall–Kier alpha value is -8.41. The molecule has 62 heavy (non-hydrogen) atoms. The van der Waals surface area contributed by atoms with Gasteiger partial charge in [-0.2, -0.15) is 0 Å². The second-order valence-corrected chi connectivity index (χ2v) is 15.6. The molecular formula is C57H35N3O2. The first-order valence-electron chi connectivity index (χ1n) is 20.7. The molecular weight excluding hydrogens is 759 g/mol. The average molecular weight is 794 g/mol. The Kier molecular flexibility index (Phi) is 8.42. The van der Waals surface area contributed by atoms with Gasteiger partial charge < -0.3 is 8.83 Å². The molecule has 0 aliphatic heterocycles. The fourth-order valence-electron chi connectivity index (χ4n) is 8.73. The van der Waals surface area contributed by atoms with Gasteiger partial charge in [-0.05, 0) is 93.0 Å². The zero-order valence-electron chi connectivity index (χ0n) is 33.4. The van der Waals surface area contributed by atoms with E-state index >= 15 is 0 Å². The summed E-state index contributed by atoms with van der Waals surface area (Å²) < 4.78 is 13.5. The minimum absolute atomic E-state index is 0.549. The van der Waals surface area contributed by atoms with Crippen LogP contribution < -0.4 is 0 Å². The van der Waals surface area contributed by atoms with Crippen LogP contribution in [0.2, 0.25) is 0 Å². The van der Waals surface area contributed by atoms with Crippen molar-refractivity contribution >= 4 is 43.9 Å². The van der Waals surface area contributed by atoms with E-state index in [1.807, 2.05) is 54.6 Å². The van der Waals surface area contributed by atoms with Crippen LogP contribution in [0.4, 0.5) is 0 Å². The molecule has 3 aromatic heterocycles. The molecule has 0 amide bonds. The van der Waals surface area contributed by atoms with Crippen LogP contribution in [0.3, 0.4) is 0 Å². The maximum Gasteiger partial charge on any atom is 0.164 e. The molecule has 0 fully saturated rings. The van der Waals surface area contributed by atoms with Gasteiger partial charge in [0.05, 0.1) is 0 Å². The van der Waals surface area contributed by atoms with Crippen LogP contribution in [0, 0.1) is 0 Å². The fourth-order valence-corrected chi connectivity index (χ4v) is 8.73. The number of rotatable bonds is 7. The molecule has 0 saturated heterocycles. The zero-order chi connectivity index (χ0) is 41.0. The molecule has 12 rings (SSSR count). The molecule has 0 radical (unpaired) electrons. The van der Waals surface area contributed by atoms with Gasteiger partial charge in [-0.25, -0.2) is 15.0 Å². The highest BCUT2D eigenvalue weighted by Gasteiger charge is 2.20.